The van der Waals surface area contributed by atoms with Gasteiger partial charge in [-0.15, -0.1) is 0 Å². The van der Waals surface area contributed by atoms with Crippen LogP contribution in [0.15, 0.2) is 130 Å². The average Bonchev–Trinajstić information content (AvgIpc) is 3.60. The predicted molar refractivity (Wildman–Crippen MR) is 171 cm³/mol. The number of ether oxygens (including phenoxy) is 1. The van der Waals surface area contributed by atoms with Crippen molar-refractivity contribution in [1.82, 2.24) is 0 Å². The molecule has 6 aromatic carbocycles. The third-order valence-corrected chi connectivity index (χ3v) is 8.96. The Morgan fingerprint density at radius 1 is 0.452 bits per heavy atom. The van der Waals surface area contributed by atoms with Crippen LogP contribution in [-0.2, 0) is 5.41 Å². The highest BCUT2D eigenvalue weighted by molar-refractivity contribution is 6.10. The van der Waals surface area contributed by atoms with E-state index >= 15 is 0 Å². The third-order valence-electron chi connectivity index (χ3n) is 8.96. The minimum absolute atomic E-state index is 0.293. The fourth-order valence-corrected chi connectivity index (χ4v) is 6.76. The van der Waals surface area contributed by atoms with Crippen molar-refractivity contribution in [3.05, 3.63) is 132 Å². The van der Waals surface area contributed by atoms with Gasteiger partial charge >= 0.3 is 0 Å². The molecule has 9 rings (SSSR count). The van der Waals surface area contributed by atoms with Gasteiger partial charge in [0.15, 0.2) is 0 Å². The van der Waals surface area contributed by atoms with Gasteiger partial charge in [0.05, 0.1) is 0 Å². The number of furan rings is 2. The van der Waals surface area contributed by atoms with Crippen molar-refractivity contribution in [3.63, 3.8) is 0 Å². The number of hydrogen-bond acceptors (Lipinski definition) is 3. The van der Waals surface area contributed by atoms with E-state index in [2.05, 4.69) is 111 Å². The van der Waals surface area contributed by atoms with E-state index in [0.29, 0.717) is 0 Å². The molecule has 0 saturated carbocycles. The maximum absolute atomic E-state index is 6.52. The SMILES string of the molecule is CC1(C)c2cc(-c3cccc4c3oc3ccccc34)ccc2Oc2ccc(-c3cccc4c3oc3ccccc34)cc21. The van der Waals surface area contributed by atoms with Crippen molar-refractivity contribution in [2.24, 2.45) is 0 Å². The van der Waals surface area contributed by atoms with Crippen LogP contribution in [0.4, 0.5) is 0 Å². The Balaban J connectivity index is 1.19. The molecule has 0 unspecified atom stereocenters. The van der Waals surface area contributed by atoms with E-state index in [9.17, 15) is 0 Å². The molecular formula is C39H26O3. The van der Waals surface area contributed by atoms with Crippen molar-refractivity contribution in [1.29, 1.82) is 0 Å². The van der Waals surface area contributed by atoms with Gasteiger partial charge in [-0.3, -0.25) is 0 Å². The standard InChI is InChI=1S/C39H26O3/c1-39(2)31-21-23(25-11-7-13-29-27-9-3-5-15-33(27)41-37(25)29)17-19-35(31)40-36-20-18-24(22-32(36)39)26-12-8-14-30-28-10-4-6-16-34(28)42-38(26)30/h3-22H,1-2H3. The number of rotatable bonds is 2. The van der Waals surface area contributed by atoms with Crippen LogP contribution in [0.2, 0.25) is 0 Å². The number of para-hydroxylation sites is 4. The molecule has 0 N–H and O–H groups in total. The second-order valence-electron chi connectivity index (χ2n) is 11.7. The van der Waals surface area contributed by atoms with Crippen LogP contribution in [-0.4, -0.2) is 0 Å². The Hall–Kier alpha value is -5.28. The van der Waals surface area contributed by atoms with E-state index < -0.39 is 0 Å². The number of hydrogen-bond donors (Lipinski definition) is 0. The lowest BCUT2D eigenvalue weighted by atomic mass is 9.74. The first kappa shape index (κ1) is 23.4. The summed E-state index contributed by atoms with van der Waals surface area (Å²) in [5.74, 6) is 1.78. The highest BCUT2D eigenvalue weighted by atomic mass is 16.5. The highest BCUT2D eigenvalue weighted by Crippen LogP contribution is 2.51. The quantitative estimate of drug-likeness (QED) is 0.218. The van der Waals surface area contributed by atoms with Crippen LogP contribution < -0.4 is 4.74 Å². The lowest BCUT2D eigenvalue weighted by Crippen LogP contribution is -2.24. The minimum Gasteiger partial charge on any atom is -0.457 e. The summed E-state index contributed by atoms with van der Waals surface area (Å²) in [4.78, 5) is 0. The third kappa shape index (κ3) is 3.22. The van der Waals surface area contributed by atoms with Gasteiger partial charge in [-0.05, 0) is 47.5 Å². The molecule has 1 aliphatic heterocycles. The number of benzene rings is 6. The first-order valence-corrected chi connectivity index (χ1v) is 14.3. The van der Waals surface area contributed by atoms with Crippen LogP contribution in [0.5, 0.6) is 11.5 Å². The van der Waals surface area contributed by atoms with Crippen molar-refractivity contribution in [2.75, 3.05) is 0 Å². The van der Waals surface area contributed by atoms with Crippen molar-refractivity contribution in [3.8, 4) is 33.8 Å². The van der Waals surface area contributed by atoms with Gasteiger partial charge in [0.1, 0.15) is 33.8 Å². The van der Waals surface area contributed by atoms with E-state index in [-0.39, 0.29) is 5.41 Å². The molecule has 0 aliphatic carbocycles. The van der Waals surface area contributed by atoms with Gasteiger partial charge < -0.3 is 13.6 Å². The van der Waals surface area contributed by atoms with E-state index in [1.807, 2.05) is 24.3 Å². The molecule has 0 atom stereocenters. The van der Waals surface area contributed by atoms with Gasteiger partial charge in [0, 0.05) is 49.2 Å². The predicted octanol–water partition coefficient (Wildman–Crippen LogP) is 11.3. The van der Waals surface area contributed by atoms with Crippen LogP contribution >= 0.6 is 0 Å². The fourth-order valence-electron chi connectivity index (χ4n) is 6.76. The molecular weight excluding hydrogens is 516 g/mol. The van der Waals surface area contributed by atoms with Crippen molar-refractivity contribution in [2.45, 2.75) is 19.3 Å². The Bertz CT molecular complexity index is 2200. The second kappa shape index (κ2) is 8.37. The maximum atomic E-state index is 6.52. The summed E-state index contributed by atoms with van der Waals surface area (Å²) in [6, 6.07) is 42.2. The summed E-state index contributed by atoms with van der Waals surface area (Å²) < 4.78 is 19.3. The van der Waals surface area contributed by atoms with E-state index in [1.165, 1.54) is 0 Å². The van der Waals surface area contributed by atoms with E-state index in [1.54, 1.807) is 0 Å². The molecule has 8 aromatic rings. The molecule has 0 fully saturated rings. The van der Waals surface area contributed by atoms with Gasteiger partial charge in [0.25, 0.3) is 0 Å². The average molecular weight is 543 g/mol. The molecule has 0 amide bonds. The largest absolute Gasteiger partial charge is 0.457 e. The highest BCUT2D eigenvalue weighted by Gasteiger charge is 2.35. The van der Waals surface area contributed by atoms with Crippen molar-refractivity contribution >= 4 is 43.9 Å². The lowest BCUT2D eigenvalue weighted by molar-refractivity contribution is 0.418. The maximum Gasteiger partial charge on any atom is 0.143 e. The zero-order chi connectivity index (χ0) is 28.0. The molecule has 1 aliphatic rings. The molecule has 0 spiro atoms. The summed E-state index contributed by atoms with van der Waals surface area (Å²) in [7, 11) is 0. The molecule has 200 valence electrons. The van der Waals surface area contributed by atoms with Crippen LogP contribution in [0.3, 0.4) is 0 Å². The number of fused-ring (bicyclic) bond motifs is 8. The monoisotopic (exact) mass is 542 g/mol. The zero-order valence-electron chi connectivity index (χ0n) is 23.3. The lowest BCUT2D eigenvalue weighted by Gasteiger charge is -2.35. The topological polar surface area (TPSA) is 35.5 Å². The fraction of sp³-hybridized carbons (Fsp3) is 0.0769. The van der Waals surface area contributed by atoms with Gasteiger partial charge in [-0.1, -0.05) is 98.8 Å². The van der Waals surface area contributed by atoms with Crippen LogP contribution in [0.25, 0.3) is 66.1 Å². The normalized spacial score (nSPS) is 13.9. The molecule has 0 saturated heterocycles. The Labute approximate surface area is 242 Å². The van der Waals surface area contributed by atoms with Crippen LogP contribution in [0.1, 0.15) is 25.0 Å². The molecule has 3 nitrogen and oxygen atoms in total. The molecule has 3 heteroatoms. The first-order valence-electron chi connectivity index (χ1n) is 14.3. The summed E-state index contributed by atoms with van der Waals surface area (Å²) >= 11 is 0. The Morgan fingerprint density at radius 2 is 0.905 bits per heavy atom. The molecule has 0 bridgehead atoms. The van der Waals surface area contributed by atoms with Gasteiger partial charge in [-0.2, -0.15) is 0 Å². The Kier molecular flexibility index (Phi) is 4.67. The van der Waals surface area contributed by atoms with Crippen molar-refractivity contribution < 1.29 is 13.6 Å². The van der Waals surface area contributed by atoms with E-state index in [4.69, 9.17) is 13.6 Å². The van der Waals surface area contributed by atoms with Gasteiger partial charge in [0.2, 0.25) is 0 Å². The molecule has 2 aromatic heterocycles. The molecule has 42 heavy (non-hydrogen) atoms. The van der Waals surface area contributed by atoms with Crippen LogP contribution in [0, 0.1) is 0 Å². The first-order chi connectivity index (χ1) is 20.6. The smallest absolute Gasteiger partial charge is 0.143 e. The molecule has 3 heterocycles. The van der Waals surface area contributed by atoms with E-state index in [0.717, 1.165) is 88.8 Å². The zero-order valence-corrected chi connectivity index (χ0v) is 23.3. The van der Waals surface area contributed by atoms with Gasteiger partial charge in [-0.25, -0.2) is 0 Å². The second-order valence-corrected chi connectivity index (χ2v) is 11.7. The summed E-state index contributed by atoms with van der Waals surface area (Å²) in [5.41, 5.74) is 10.0. The molecule has 0 radical (unpaired) electrons. The Morgan fingerprint density at radius 3 is 1.40 bits per heavy atom. The summed E-state index contributed by atoms with van der Waals surface area (Å²) in [5, 5.41) is 4.53. The summed E-state index contributed by atoms with van der Waals surface area (Å²) in [6.45, 7) is 4.56. The summed E-state index contributed by atoms with van der Waals surface area (Å²) in [6.07, 6.45) is 0. The minimum atomic E-state index is -0.293.